The van der Waals surface area contributed by atoms with E-state index in [1.165, 1.54) is 14.2 Å². The summed E-state index contributed by atoms with van der Waals surface area (Å²) in [5.41, 5.74) is 0. The van der Waals surface area contributed by atoms with E-state index < -0.39 is 0 Å². The Bertz CT molecular complexity index is 382. The highest BCUT2D eigenvalue weighted by molar-refractivity contribution is 5.84. The molecule has 0 amide bonds. The largest absolute Gasteiger partial charge is 0.469 e. The van der Waals surface area contributed by atoms with E-state index in [4.69, 9.17) is 9.47 Å². The first-order valence-corrected chi connectivity index (χ1v) is 6.44. The maximum Gasteiger partial charge on any atom is 0.309 e. The highest BCUT2D eigenvalue weighted by Crippen LogP contribution is 2.73. The third-order valence-electron chi connectivity index (χ3n) is 5.25. The second-order valence-corrected chi connectivity index (χ2v) is 5.63. The zero-order chi connectivity index (χ0) is 13.0. The van der Waals surface area contributed by atoms with Crippen molar-refractivity contribution in [3.8, 4) is 0 Å². The molecule has 3 aliphatic carbocycles. The van der Waals surface area contributed by atoms with E-state index in [9.17, 15) is 9.59 Å². The van der Waals surface area contributed by atoms with Gasteiger partial charge >= 0.3 is 11.9 Å². The van der Waals surface area contributed by atoms with Crippen LogP contribution in [0.1, 0.15) is 6.42 Å². The van der Waals surface area contributed by atoms with Crippen molar-refractivity contribution in [2.24, 2.45) is 41.4 Å². The Kier molecular flexibility index (Phi) is 2.50. The normalized spacial score (nSPS) is 47.3. The van der Waals surface area contributed by atoms with Crippen LogP contribution >= 0.6 is 0 Å². The third-order valence-corrected chi connectivity index (χ3v) is 5.25. The standard InChI is InChI=1S/C14H18O4/c1-4-6-9-7-5-8(10(6)9)12(14(16)18-3)11(7)13(15)17-2/h4,6-12H,1,5H2,2-3H3/t6?,7-,8+,9+,10-,11+,12-. The Balaban J connectivity index is 1.90. The van der Waals surface area contributed by atoms with E-state index in [0.717, 1.165) is 6.42 Å². The molecule has 0 saturated heterocycles. The molecule has 3 fully saturated rings. The minimum absolute atomic E-state index is 0.258. The van der Waals surface area contributed by atoms with Crippen LogP contribution in [0.25, 0.3) is 0 Å². The minimum Gasteiger partial charge on any atom is -0.469 e. The first-order chi connectivity index (χ1) is 8.65. The van der Waals surface area contributed by atoms with Crippen molar-refractivity contribution in [2.45, 2.75) is 6.42 Å². The second-order valence-electron chi connectivity index (χ2n) is 5.63. The predicted molar refractivity (Wildman–Crippen MR) is 63.3 cm³/mol. The zero-order valence-corrected chi connectivity index (χ0v) is 10.7. The van der Waals surface area contributed by atoms with Gasteiger partial charge in [-0.3, -0.25) is 9.59 Å². The van der Waals surface area contributed by atoms with Crippen LogP contribution in [0, 0.1) is 41.4 Å². The lowest BCUT2D eigenvalue weighted by atomic mass is 9.79. The predicted octanol–water partition coefficient (Wildman–Crippen LogP) is 1.26. The fourth-order valence-electron chi connectivity index (χ4n) is 4.69. The summed E-state index contributed by atoms with van der Waals surface area (Å²) in [6.45, 7) is 3.85. The van der Waals surface area contributed by atoms with Gasteiger partial charge in [0.25, 0.3) is 0 Å². The first-order valence-electron chi connectivity index (χ1n) is 6.44. The topological polar surface area (TPSA) is 52.6 Å². The number of esters is 2. The van der Waals surface area contributed by atoms with E-state index in [1.54, 1.807) is 0 Å². The van der Waals surface area contributed by atoms with E-state index in [1.807, 2.05) is 6.08 Å². The van der Waals surface area contributed by atoms with Crippen molar-refractivity contribution in [1.82, 2.24) is 0 Å². The minimum atomic E-state index is -0.307. The van der Waals surface area contributed by atoms with Gasteiger partial charge < -0.3 is 9.47 Å². The highest BCUT2D eigenvalue weighted by atomic mass is 16.5. The van der Waals surface area contributed by atoms with Crippen molar-refractivity contribution < 1.29 is 19.1 Å². The fourth-order valence-corrected chi connectivity index (χ4v) is 4.69. The summed E-state index contributed by atoms with van der Waals surface area (Å²) >= 11 is 0. The lowest BCUT2D eigenvalue weighted by Gasteiger charge is -2.26. The van der Waals surface area contributed by atoms with Gasteiger partial charge in [0, 0.05) is 0 Å². The molecule has 4 nitrogen and oxygen atoms in total. The molecule has 0 aliphatic heterocycles. The van der Waals surface area contributed by atoms with Gasteiger partial charge in [-0.15, -0.1) is 6.58 Å². The summed E-state index contributed by atoms with van der Waals surface area (Å²) in [5.74, 6) is 0.985. The van der Waals surface area contributed by atoms with E-state index in [2.05, 4.69) is 6.58 Å². The maximum atomic E-state index is 11.9. The van der Waals surface area contributed by atoms with Crippen LogP contribution in [-0.2, 0) is 19.1 Å². The van der Waals surface area contributed by atoms with Crippen molar-refractivity contribution >= 4 is 11.9 Å². The van der Waals surface area contributed by atoms with Crippen molar-refractivity contribution in [2.75, 3.05) is 14.2 Å². The molecular formula is C14H18O4. The maximum absolute atomic E-state index is 11.9. The van der Waals surface area contributed by atoms with Crippen LogP contribution in [-0.4, -0.2) is 26.2 Å². The monoisotopic (exact) mass is 250 g/mol. The average molecular weight is 250 g/mol. The molecule has 0 heterocycles. The van der Waals surface area contributed by atoms with Crippen LogP contribution in [0.4, 0.5) is 0 Å². The number of fused-ring (bicyclic) bond motifs is 5. The molecular weight excluding hydrogens is 232 g/mol. The Hall–Kier alpha value is -1.32. The Morgan fingerprint density at radius 1 is 1.06 bits per heavy atom. The molecule has 3 saturated carbocycles. The number of carbonyl (C=O) groups excluding carboxylic acids is 2. The van der Waals surface area contributed by atoms with Crippen LogP contribution in [0.15, 0.2) is 12.7 Å². The molecule has 7 atom stereocenters. The number of allylic oxidation sites excluding steroid dienone is 1. The van der Waals surface area contributed by atoms with Gasteiger partial charge in [-0.1, -0.05) is 6.08 Å². The molecule has 0 aromatic carbocycles. The summed E-state index contributed by atoms with van der Waals surface area (Å²) in [6, 6.07) is 0. The summed E-state index contributed by atoms with van der Waals surface area (Å²) < 4.78 is 9.75. The molecule has 0 N–H and O–H groups in total. The second kappa shape index (κ2) is 3.84. The number of ether oxygens (including phenoxy) is 2. The molecule has 0 spiro atoms. The molecule has 0 aromatic heterocycles. The molecule has 0 aromatic rings. The molecule has 0 radical (unpaired) electrons. The van der Waals surface area contributed by atoms with Crippen molar-refractivity contribution in [1.29, 1.82) is 0 Å². The van der Waals surface area contributed by atoms with Crippen LogP contribution in [0.3, 0.4) is 0 Å². The first kappa shape index (κ1) is 11.8. The summed E-state index contributed by atoms with van der Waals surface area (Å²) in [4.78, 5) is 23.9. The van der Waals surface area contributed by atoms with Gasteiger partial charge in [-0.2, -0.15) is 0 Å². The number of hydrogen-bond donors (Lipinski definition) is 0. The van der Waals surface area contributed by atoms with Gasteiger partial charge in [0.1, 0.15) is 0 Å². The van der Waals surface area contributed by atoms with E-state index in [-0.39, 0.29) is 35.6 Å². The number of hydrogen-bond acceptors (Lipinski definition) is 4. The van der Waals surface area contributed by atoms with Crippen LogP contribution in [0.2, 0.25) is 0 Å². The van der Waals surface area contributed by atoms with Crippen molar-refractivity contribution in [3.63, 3.8) is 0 Å². The van der Waals surface area contributed by atoms with Gasteiger partial charge in [0.15, 0.2) is 0 Å². The molecule has 98 valence electrons. The zero-order valence-electron chi connectivity index (χ0n) is 10.7. The number of carbonyl (C=O) groups is 2. The average Bonchev–Trinajstić information content (AvgIpc) is 2.86. The fraction of sp³-hybridized carbons (Fsp3) is 0.714. The molecule has 3 aliphatic rings. The lowest BCUT2D eigenvalue weighted by molar-refractivity contribution is -0.160. The quantitative estimate of drug-likeness (QED) is 0.559. The lowest BCUT2D eigenvalue weighted by Crippen LogP contribution is -2.37. The summed E-state index contributed by atoms with van der Waals surface area (Å²) in [7, 11) is 2.77. The molecule has 3 rings (SSSR count). The van der Waals surface area contributed by atoms with Crippen LogP contribution < -0.4 is 0 Å². The SMILES string of the molecule is C=CC1[C@@H]2[C@@H]3C[C@@H]([C@H](C(=O)OC)[C@@H]3C(=O)OC)[C@H]12. The molecule has 2 bridgehead atoms. The number of rotatable bonds is 3. The van der Waals surface area contributed by atoms with Gasteiger partial charge in [0.2, 0.25) is 0 Å². The van der Waals surface area contributed by atoms with Gasteiger partial charge in [-0.05, 0) is 36.0 Å². The van der Waals surface area contributed by atoms with Gasteiger partial charge in [-0.25, -0.2) is 0 Å². The van der Waals surface area contributed by atoms with E-state index in [0.29, 0.717) is 17.8 Å². The van der Waals surface area contributed by atoms with Gasteiger partial charge in [0.05, 0.1) is 26.1 Å². The third kappa shape index (κ3) is 1.26. The smallest absolute Gasteiger partial charge is 0.309 e. The number of methoxy groups -OCH3 is 2. The summed E-state index contributed by atoms with van der Waals surface area (Å²) in [6.07, 6.45) is 2.93. The molecule has 4 heteroatoms. The highest BCUT2D eigenvalue weighted by Gasteiger charge is 2.73. The summed E-state index contributed by atoms with van der Waals surface area (Å²) in [5, 5.41) is 0. The Morgan fingerprint density at radius 3 is 1.83 bits per heavy atom. The van der Waals surface area contributed by atoms with Crippen molar-refractivity contribution in [3.05, 3.63) is 12.7 Å². The Labute approximate surface area is 106 Å². The van der Waals surface area contributed by atoms with E-state index >= 15 is 0 Å². The molecule has 18 heavy (non-hydrogen) atoms. The Morgan fingerprint density at radius 2 is 1.50 bits per heavy atom. The van der Waals surface area contributed by atoms with Crippen LogP contribution in [0.5, 0.6) is 0 Å². The molecule has 1 unspecified atom stereocenters.